The average molecular weight is 355 g/mol. The molecule has 0 aliphatic carbocycles. The number of ether oxygens (including phenoxy) is 1. The number of β-amino-alcohol motifs (C(OH)–C–C–N with tert-alkyl or cyclic N) is 1. The monoisotopic (exact) mass is 354 g/mol. The summed E-state index contributed by atoms with van der Waals surface area (Å²) in [4.78, 5) is 18.6. The second kappa shape index (κ2) is 5.92. The van der Waals surface area contributed by atoms with Crippen molar-refractivity contribution < 1.29 is 14.6 Å². The normalized spacial score (nSPS) is 21.9. The molecule has 0 unspecified atom stereocenters. The van der Waals surface area contributed by atoms with Crippen molar-refractivity contribution in [3.05, 3.63) is 28.2 Å². The highest BCUT2D eigenvalue weighted by Gasteiger charge is 2.39. The number of thiazole rings is 1. The molecule has 0 bridgehead atoms. The molecule has 1 aliphatic rings. The Morgan fingerprint density at radius 1 is 1.48 bits per heavy atom. The zero-order valence-corrected chi connectivity index (χ0v) is 14.8. The molecule has 1 fully saturated rings. The van der Waals surface area contributed by atoms with Crippen molar-refractivity contribution in [3.63, 3.8) is 0 Å². The van der Waals surface area contributed by atoms with Crippen LogP contribution in [0, 0.1) is 0 Å². The second-order valence-electron chi connectivity index (χ2n) is 6.70. The van der Waals surface area contributed by atoms with Gasteiger partial charge in [-0.3, -0.25) is 4.90 Å². The first-order valence-electron chi connectivity index (χ1n) is 7.46. The fourth-order valence-corrected chi connectivity index (χ4v) is 3.87. The molecule has 1 amide bonds. The molecule has 23 heavy (non-hydrogen) atoms. The number of likely N-dealkylation sites (tertiary alicyclic amines) is 1. The van der Waals surface area contributed by atoms with Gasteiger partial charge in [0.1, 0.15) is 10.6 Å². The molecule has 2 atom stereocenters. The van der Waals surface area contributed by atoms with E-state index >= 15 is 0 Å². The Bertz CT molecular complexity index is 740. The Balaban J connectivity index is 1.90. The van der Waals surface area contributed by atoms with Crippen LogP contribution in [0.2, 0.25) is 5.02 Å². The molecule has 2 aromatic rings. The minimum atomic E-state index is -0.573. The molecule has 1 aromatic heterocycles. The van der Waals surface area contributed by atoms with Gasteiger partial charge in [0.2, 0.25) is 0 Å². The molecule has 3 rings (SSSR count). The molecule has 7 heteroatoms. The zero-order valence-electron chi connectivity index (χ0n) is 13.2. The van der Waals surface area contributed by atoms with E-state index in [1.54, 1.807) is 11.0 Å². The van der Waals surface area contributed by atoms with Crippen LogP contribution in [0.25, 0.3) is 10.2 Å². The summed E-state index contributed by atoms with van der Waals surface area (Å²) < 4.78 is 6.46. The highest BCUT2D eigenvalue weighted by molar-refractivity contribution is 7.18. The van der Waals surface area contributed by atoms with Crippen LogP contribution in [0.15, 0.2) is 18.2 Å². The lowest BCUT2D eigenvalue weighted by Crippen LogP contribution is -2.37. The van der Waals surface area contributed by atoms with E-state index in [-0.39, 0.29) is 12.6 Å². The van der Waals surface area contributed by atoms with Gasteiger partial charge in [0, 0.05) is 11.4 Å². The summed E-state index contributed by atoms with van der Waals surface area (Å²) in [6.07, 6.45) is -0.522. The van der Waals surface area contributed by atoms with Crippen molar-refractivity contribution in [2.24, 2.45) is 0 Å². The standard InChI is InChI=1S/C16H19ClN2O3S/c1-16(2,3)22-15(21)19-8-10(20)7-12(19)14-18-11-6-9(17)4-5-13(11)23-14/h4-6,10,12,20H,7-8H2,1-3H3/t10-,12+/m1/s1. The van der Waals surface area contributed by atoms with E-state index in [0.717, 1.165) is 15.2 Å². The number of amides is 1. The Kier molecular flexibility index (Phi) is 4.25. The zero-order chi connectivity index (χ0) is 16.8. The lowest BCUT2D eigenvalue weighted by molar-refractivity contribution is 0.0206. The van der Waals surface area contributed by atoms with Crippen molar-refractivity contribution in [2.45, 2.75) is 44.9 Å². The maximum Gasteiger partial charge on any atom is 0.410 e. The molecule has 124 valence electrons. The van der Waals surface area contributed by atoms with E-state index in [4.69, 9.17) is 16.3 Å². The van der Waals surface area contributed by atoms with E-state index in [1.165, 1.54) is 11.3 Å². The average Bonchev–Trinajstić information content (AvgIpc) is 2.99. The molecule has 1 aromatic carbocycles. The highest BCUT2D eigenvalue weighted by Crippen LogP contribution is 2.37. The quantitative estimate of drug-likeness (QED) is 0.841. The number of benzene rings is 1. The van der Waals surface area contributed by atoms with Gasteiger partial charge < -0.3 is 9.84 Å². The lowest BCUT2D eigenvalue weighted by atomic mass is 10.2. The van der Waals surface area contributed by atoms with Gasteiger partial charge in [-0.05, 0) is 39.0 Å². The third kappa shape index (κ3) is 3.59. The number of nitrogens with zero attached hydrogens (tertiary/aromatic N) is 2. The molecular weight excluding hydrogens is 336 g/mol. The summed E-state index contributed by atoms with van der Waals surface area (Å²) in [5, 5.41) is 11.4. The first-order chi connectivity index (χ1) is 10.7. The van der Waals surface area contributed by atoms with Gasteiger partial charge in [-0.1, -0.05) is 11.6 Å². The number of carbonyl (C=O) groups excluding carboxylic acids is 1. The number of hydrogen-bond acceptors (Lipinski definition) is 5. The number of rotatable bonds is 1. The van der Waals surface area contributed by atoms with Crippen molar-refractivity contribution >= 4 is 39.2 Å². The van der Waals surface area contributed by atoms with Crippen molar-refractivity contribution in [3.8, 4) is 0 Å². The number of aliphatic hydroxyl groups excluding tert-OH is 1. The second-order valence-corrected chi connectivity index (χ2v) is 8.20. The van der Waals surface area contributed by atoms with Crippen LogP contribution < -0.4 is 0 Å². The predicted molar refractivity (Wildman–Crippen MR) is 90.9 cm³/mol. The number of aromatic nitrogens is 1. The van der Waals surface area contributed by atoms with Gasteiger partial charge in [-0.25, -0.2) is 9.78 Å². The van der Waals surface area contributed by atoms with E-state index in [9.17, 15) is 9.90 Å². The predicted octanol–water partition coefficient (Wildman–Crippen LogP) is 3.99. The molecule has 0 radical (unpaired) electrons. The Labute approximate surface area is 143 Å². The largest absolute Gasteiger partial charge is 0.444 e. The van der Waals surface area contributed by atoms with E-state index in [2.05, 4.69) is 4.98 Å². The molecule has 1 N–H and O–H groups in total. The van der Waals surface area contributed by atoms with Crippen molar-refractivity contribution in [2.75, 3.05) is 6.54 Å². The minimum Gasteiger partial charge on any atom is -0.444 e. The highest BCUT2D eigenvalue weighted by atomic mass is 35.5. The van der Waals surface area contributed by atoms with Crippen LogP contribution >= 0.6 is 22.9 Å². The van der Waals surface area contributed by atoms with Crippen LogP contribution in [-0.4, -0.2) is 39.3 Å². The van der Waals surface area contributed by atoms with Crippen molar-refractivity contribution in [1.82, 2.24) is 9.88 Å². The molecule has 0 spiro atoms. The molecule has 1 aliphatic heterocycles. The Morgan fingerprint density at radius 3 is 2.91 bits per heavy atom. The summed E-state index contributed by atoms with van der Waals surface area (Å²) >= 11 is 7.52. The first-order valence-corrected chi connectivity index (χ1v) is 8.66. The van der Waals surface area contributed by atoms with Gasteiger partial charge in [-0.15, -0.1) is 11.3 Å². The van der Waals surface area contributed by atoms with Crippen LogP contribution in [0.1, 0.15) is 38.2 Å². The number of hydrogen-bond donors (Lipinski definition) is 1. The SMILES string of the molecule is CC(C)(C)OC(=O)N1C[C@H](O)C[C@H]1c1nc2cc(Cl)ccc2s1. The van der Waals surface area contributed by atoms with Crippen LogP contribution in [0.4, 0.5) is 4.79 Å². The number of carbonyl (C=O) groups is 1. The van der Waals surface area contributed by atoms with Gasteiger partial charge in [0.15, 0.2) is 0 Å². The first kappa shape index (κ1) is 16.5. The molecular formula is C16H19ClN2O3S. The molecule has 2 heterocycles. The summed E-state index contributed by atoms with van der Waals surface area (Å²) in [6.45, 7) is 5.74. The third-order valence-corrected chi connectivity index (χ3v) is 4.93. The van der Waals surface area contributed by atoms with Crippen molar-refractivity contribution in [1.29, 1.82) is 0 Å². The van der Waals surface area contributed by atoms with Gasteiger partial charge in [0.25, 0.3) is 0 Å². The van der Waals surface area contributed by atoms with Crippen LogP contribution in [-0.2, 0) is 4.74 Å². The molecule has 0 saturated carbocycles. The lowest BCUT2D eigenvalue weighted by Gasteiger charge is -2.27. The van der Waals surface area contributed by atoms with Crippen LogP contribution in [0.5, 0.6) is 0 Å². The van der Waals surface area contributed by atoms with E-state index in [0.29, 0.717) is 11.4 Å². The molecule has 1 saturated heterocycles. The van der Waals surface area contributed by atoms with E-state index in [1.807, 2.05) is 32.9 Å². The fraction of sp³-hybridized carbons (Fsp3) is 0.500. The smallest absolute Gasteiger partial charge is 0.410 e. The van der Waals surface area contributed by atoms with Gasteiger partial charge in [-0.2, -0.15) is 0 Å². The minimum absolute atomic E-state index is 0.260. The summed E-state index contributed by atoms with van der Waals surface area (Å²) in [5.74, 6) is 0. The summed E-state index contributed by atoms with van der Waals surface area (Å²) in [6, 6.07) is 5.28. The summed E-state index contributed by atoms with van der Waals surface area (Å²) in [7, 11) is 0. The maximum atomic E-state index is 12.4. The Morgan fingerprint density at radius 2 is 2.22 bits per heavy atom. The fourth-order valence-electron chi connectivity index (χ4n) is 2.63. The Hall–Kier alpha value is -1.37. The third-order valence-electron chi connectivity index (χ3n) is 3.56. The van der Waals surface area contributed by atoms with Crippen LogP contribution in [0.3, 0.4) is 0 Å². The number of fused-ring (bicyclic) bond motifs is 1. The van der Waals surface area contributed by atoms with E-state index < -0.39 is 17.8 Å². The maximum absolute atomic E-state index is 12.4. The topological polar surface area (TPSA) is 62.7 Å². The number of halogens is 1. The summed E-state index contributed by atoms with van der Waals surface area (Å²) in [5.41, 5.74) is 0.235. The number of aliphatic hydroxyl groups is 1. The van der Waals surface area contributed by atoms with Gasteiger partial charge >= 0.3 is 6.09 Å². The molecule has 5 nitrogen and oxygen atoms in total. The van der Waals surface area contributed by atoms with Gasteiger partial charge in [0.05, 0.1) is 28.9 Å².